The fraction of sp³-hybridized carbons (Fsp3) is 0.529. The van der Waals surface area contributed by atoms with E-state index < -0.39 is 5.91 Å². The summed E-state index contributed by atoms with van der Waals surface area (Å²) in [5, 5.41) is 2.83. The summed E-state index contributed by atoms with van der Waals surface area (Å²) in [6.07, 6.45) is 4.47. The number of nitrogens with zero attached hydrogens (tertiary/aromatic N) is 1. The third kappa shape index (κ3) is 4.69. The predicted octanol–water partition coefficient (Wildman–Crippen LogP) is 2.52. The van der Waals surface area contributed by atoms with Crippen LogP contribution in [0.5, 0.6) is 0 Å². The van der Waals surface area contributed by atoms with Gasteiger partial charge >= 0.3 is 6.03 Å². The molecular formula is C17H25N3O3. The Morgan fingerprint density at radius 1 is 1.39 bits per heavy atom. The van der Waals surface area contributed by atoms with Crippen molar-refractivity contribution < 1.29 is 14.3 Å². The second-order valence-electron chi connectivity index (χ2n) is 5.97. The van der Waals surface area contributed by atoms with Gasteiger partial charge in [0.1, 0.15) is 0 Å². The number of benzene rings is 1. The van der Waals surface area contributed by atoms with Gasteiger partial charge in [0.25, 0.3) is 0 Å². The molecule has 0 unspecified atom stereocenters. The SMILES string of the molecule is Cc1c(NC(=O)N(C)CC[C@H]2CCCCO2)cccc1C(N)=O. The molecule has 1 aromatic carbocycles. The van der Waals surface area contributed by atoms with E-state index in [0.717, 1.165) is 25.9 Å². The normalized spacial score (nSPS) is 17.6. The standard InChI is InChI=1S/C17H25N3O3/c1-12-14(16(18)21)7-5-8-15(12)19-17(22)20(2)10-9-13-6-3-4-11-23-13/h5,7-8,13H,3-4,6,9-11H2,1-2H3,(H2,18,21)(H,19,22)/t13-/m1/s1. The average Bonchev–Trinajstić information content (AvgIpc) is 2.55. The van der Waals surface area contributed by atoms with Crippen LogP contribution in [0, 0.1) is 6.92 Å². The Kier molecular flexibility index (Phi) is 5.98. The zero-order valence-corrected chi connectivity index (χ0v) is 13.8. The van der Waals surface area contributed by atoms with Gasteiger partial charge in [-0.3, -0.25) is 4.79 Å². The van der Waals surface area contributed by atoms with Crippen LogP contribution in [0.25, 0.3) is 0 Å². The molecule has 126 valence electrons. The highest BCUT2D eigenvalue weighted by Crippen LogP contribution is 2.19. The van der Waals surface area contributed by atoms with Crippen LogP contribution in [0.1, 0.15) is 41.6 Å². The summed E-state index contributed by atoms with van der Waals surface area (Å²) in [6.45, 7) is 3.22. The van der Waals surface area contributed by atoms with Crippen LogP contribution in [0.3, 0.4) is 0 Å². The number of amides is 3. The molecule has 1 aromatic rings. The Balaban J connectivity index is 1.90. The maximum Gasteiger partial charge on any atom is 0.321 e. The summed E-state index contributed by atoms with van der Waals surface area (Å²) in [7, 11) is 1.76. The minimum atomic E-state index is -0.499. The van der Waals surface area contributed by atoms with Crippen molar-refractivity contribution in [3.63, 3.8) is 0 Å². The van der Waals surface area contributed by atoms with E-state index in [-0.39, 0.29) is 12.1 Å². The van der Waals surface area contributed by atoms with Crippen LogP contribution < -0.4 is 11.1 Å². The number of carbonyl (C=O) groups is 2. The second kappa shape index (κ2) is 7.97. The van der Waals surface area contributed by atoms with Crippen molar-refractivity contribution in [1.82, 2.24) is 4.90 Å². The molecular weight excluding hydrogens is 294 g/mol. The van der Waals surface area contributed by atoms with Crippen LogP contribution in [0.2, 0.25) is 0 Å². The smallest absolute Gasteiger partial charge is 0.321 e. The Hall–Kier alpha value is -2.08. The van der Waals surface area contributed by atoms with Crippen LogP contribution in [-0.4, -0.2) is 43.1 Å². The van der Waals surface area contributed by atoms with Crippen LogP contribution >= 0.6 is 0 Å². The number of nitrogens with one attached hydrogen (secondary N) is 1. The number of hydrogen-bond donors (Lipinski definition) is 2. The lowest BCUT2D eigenvalue weighted by Crippen LogP contribution is -2.34. The first-order valence-corrected chi connectivity index (χ1v) is 8.02. The molecule has 6 heteroatoms. The molecule has 1 atom stereocenters. The van der Waals surface area contributed by atoms with E-state index in [4.69, 9.17) is 10.5 Å². The van der Waals surface area contributed by atoms with E-state index in [0.29, 0.717) is 23.4 Å². The highest BCUT2D eigenvalue weighted by atomic mass is 16.5. The zero-order valence-electron chi connectivity index (χ0n) is 13.8. The largest absolute Gasteiger partial charge is 0.378 e. The van der Waals surface area contributed by atoms with E-state index in [2.05, 4.69) is 5.32 Å². The molecule has 0 aliphatic carbocycles. The lowest BCUT2D eigenvalue weighted by molar-refractivity contribution is 0.00848. The summed E-state index contributed by atoms with van der Waals surface area (Å²) in [6, 6.07) is 4.92. The Morgan fingerprint density at radius 2 is 2.17 bits per heavy atom. The number of rotatable bonds is 5. The molecule has 0 saturated carbocycles. The molecule has 3 N–H and O–H groups in total. The predicted molar refractivity (Wildman–Crippen MR) is 89.6 cm³/mol. The Labute approximate surface area is 137 Å². The summed E-state index contributed by atoms with van der Waals surface area (Å²) in [5.41, 5.74) is 7.03. The Bertz CT molecular complexity index is 568. The molecule has 0 radical (unpaired) electrons. The number of nitrogens with two attached hydrogens (primary N) is 1. The van der Waals surface area contributed by atoms with Gasteiger partial charge in [-0.25, -0.2) is 4.79 Å². The van der Waals surface area contributed by atoms with E-state index in [1.54, 1.807) is 37.1 Å². The van der Waals surface area contributed by atoms with Crippen molar-refractivity contribution in [3.05, 3.63) is 29.3 Å². The molecule has 2 rings (SSSR count). The van der Waals surface area contributed by atoms with E-state index >= 15 is 0 Å². The maximum atomic E-state index is 12.3. The monoisotopic (exact) mass is 319 g/mol. The molecule has 1 saturated heterocycles. The van der Waals surface area contributed by atoms with Gasteiger partial charge in [0.05, 0.1) is 6.10 Å². The van der Waals surface area contributed by atoms with Gasteiger partial charge in [0, 0.05) is 31.5 Å². The zero-order chi connectivity index (χ0) is 16.8. The highest BCUT2D eigenvalue weighted by molar-refractivity contribution is 5.98. The van der Waals surface area contributed by atoms with Gasteiger partial charge < -0.3 is 20.7 Å². The topological polar surface area (TPSA) is 84.7 Å². The first kappa shape index (κ1) is 17.3. The van der Waals surface area contributed by atoms with Gasteiger partial charge in [0.2, 0.25) is 5.91 Å². The molecule has 3 amide bonds. The minimum absolute atomic E-state index is 0.203. The molecule has 6 nitrogen and oxygen atoms in total. The van der Waals surface area contributed by atoms with Gasteiger partial charge in [-0.1, -0.05) is 6.07 Å². The average molecular weight is 319 g/mol. The van der Waals surface area contributed by atoms with Crippen molar-refractivity contribution in [1.29, 1.82) is 0 Å². The molecule has 1 aliphatic heterocycles. The second-order valence-corrected chi connectivity index (χ2v) is 5.97. The van der Waals surface area contributed by atoms with Gasteiger partial charge in [0.15, 0.2) is 0 Å². The number of urea groups is 1. The number of hydrogen-bond acceptors (Lipinski definition) is 3. The van der Waals surface area contributed by atoms with E-state index in [1.807, 2.05) is 0 Å². The lowest BCUT2D eigenvalue weighted by atomic mass is 10.1. The molecule has 1 aliphatic rings. The fourth-order valence-corrected chi connectivity index (χ4v) is 2.72. The van der Waals surface area contributed by atoms with E-state index in [9.17, 15) is 9.59 Å². The quantitative estimate of drug-likeness (QED) is 0.874. The van der Waals surface area contributed by atoms with Gasteiger partial charge in [-0.2, -0.15) is 0 Å². The van der Waals surface area contributed by atoms with Crippen molar-refractivity contribution >= 4 is 17.6 Å². The molecule has 23 heavy (non-hydrogen) atoms. The maximum absolute atomic E-state index is 12.3. The summed E-state index contributed by atoms with van der Waals surface area (Å²) in [4.78, 5) is 25.3. The third-order valence-electron chi connectivity index (χ3n) is 4.25. The Morgan fingerprint density at radius 3 is 2.83 bits per heavy atom. The van der Waals surface area contributed by atoms with Crippen molar-refractivity contribution in [2.24, 2.45) is 5.73 Å². The van der Waals surface area contributed by atoms with Crippen LogP contribution in [-0.2, 0) is 4.74 Å². The van der Waals surface area contributed by atoms with Gasteiger partial charge in [-0.05, 0) is 50.3 Å². The first-order valence-electron chi connectivity index (χ1n) is 8.02. The number of primary amides is 1. The summed E-state index contributed by atoms with van der Waals surface area (Å²) < 4.78 is 5.68. The molecule has 1 heterocycles. The lowest BCUT2D eigenvalue weighted by Gasteiger charge is -2.25. The minimum Gasteiger partial charge on any atom is -0.378 e. The van der Waals surface area contributed by atoms with Gasteiger partial charge in [-0.15, -0.1) is 0 Å². The number of anilines is 1. The van der Waals surface area contributed by atoms with Crippen molar-refractivity contribution in [2.75, 3.05) is 25.5 Å². The van der Waals surface area contributed by atoms with Crippen molar-refractivity contribution in [2.45, 2.75) is 38.7 Å². The number of carbonyl (C=O) groups excluding carboxylic acids is 2. The molecule has 1 fully saturated rings. The molecule has 0 spiro atoms. The summed E-state index contributed by atoms with van der Waals surface area (Å²) in [5.74, 6) is -0.499. The van der Waals surface area contributed by atoms with Crippen LogP contribution in [0.4, 0.5) is 10.5 Å². The van der Waals surface area contributed by atoms with Crippen LogP contribution in [0.15, 0.2) is 18.2 Å². The fourth-order valence-electron chi connectivity index (χ4n) is 2.72. The van der Waals surface area contributed by atoms with E-state index in [1.165, 1.54) is 6.42 Å². The molecule has 0 bridgehead atoms. The highest BCUT2D eigenvalue weighted by Gasteiger charge is 2.17. The number of ether oxygens (including phenoxy) is 1. The molecule has 0 aromatic heterocycles. The first-order chi connectivity index (χ1) is 11.0. The summed E-state index contributed by atoms with van der Waals surface area (Å²) >= 11 is 0. The third-order valence-corrected chi connectivity index (χ3v) is 4.25. The van der Waals surface area contributed by atoms with Crippen molar-refractivity contribution in [3.8, 4) is 0 Å².